The van der Waals surface area contributed by atoms with Gasteiger partial charge in [0.15, 0.2) is 6.54 Å². The van der Waals surface area contributed by atoms with Gasteiger partial charge in [-0.3, -0.25) is 0 Å². The van der Waals surface area contributed by atoms with E-state index in [0.29, 0.717) is 52.7 Å². The predicted molar refractivity (Wildman–Crippen MR) is 133 cm³/mol. The van der Waals surface area contributed by atoms with Crippen LogP contribution in [0, 0.1) is 5.41 Å². The van der Waals surface area contributed by atoms with Gasteiger partial charge >= 0.3 is 5.97 Å². The van der Waals surface area contributed by atoms with Crippen LogP contribution < -0.4 is 10.1 Å². The maximum atomic E-state index is 13.6. The Hall–Kier alpha value is -2.79. The van der Waals surface area contributed by atoms with Crippen molar-refractivity contribution >= 4 is 33.8 Å². The number of nitrogens with two attached hydrogens (primary N) is 1. The van der Waals surface area contributed by atoms with Crippen LogP contribution in [0.4, 0.5) is 0 Å². The number of nitrogens with zero attached hydrogens (tertiary/aromatic N) is 2. The smallest absolute Gasteiger partial charge is 0.359 e. The Labute approximate surface area is 210 Å². The van der Waals surface area contributed by atoms with E-state index in [9.17, 15) is 13.2 Å². The van der Waals surface area contributed by atoms with Crippen molar-refractivity contribution < 1.29 is 28.4 Å². The number of nitrogens with one attached hydrogen (secondary N) is 1. The Morgan fingerprint density at radius 2 is 2.06 bits per heavy atom. The molecule has 0 saturated heterocycles. The maximum absolute atomic E-state index is 13.6. The second kappa shape index (κ2) is 11.3. The highest BCUT2D eigenvalue weighted by Crippen LogP contribution is 2.33. The minimum absolute atomic E-state index is 0.0260. The van der Waals surface area contributed by atoms with Gasteiger partial charge in [-0.25, -0.2) is 18.2 Å². The summed E-state index contributed by atoms with van der Waals surface area (Å²) in [6, 6.07) is 7.81. The van der Waals surface area contributed by atoms with Crippen molar-refractivity contribution in [3.8, 4) is 11.6 Å². The molecule has 11 heteroatoms. The van der Waals surface area contributed by atoms with Crippen LogP contribution in [0.2, 0.25) is 5.02 Å². The average molecular weight is 522 g/mol. The molecule has 0 bridgehead atoms. The maximum Gasteiger partial charge on any atom is 0.359 e. The fourth-order valence-corrected chi connectivity index (χ4v) is 5.51. The largest absolute Gasteiger partial charge is 0.477 e. The number of carboxylic acid groups (broad SMARTS) is 1. The van der Waals surface area contributed by atoms with Crippen molar-refractivity contribution in [1.82, 2.24) is 9.29 Å². The fourth-order valence-electron chi connectivity index (χ4n) is 4.03. The van der Waals surface area contributed by atoms with E-state index in [1.54, 1.807) is 35.6 Å². The van der Waals surface area contributed by atoms with Gasteiger partial charge in [0, 0.05) is 35.8 Å². The van der Waals surface area contributed by atoms with Gasteiger partial charge < -0.3 is 20.6 Å². The number of sulfonamides is 1. The monoisotopic (exact) mass is 521 g/mol. The molecule has 2 aromatic rings. The van der Waals surface area contributed by atoms with E-state index in [1.807, 2.05) is 13.8 Å². The van der Waals surface area contributed by atoms with Crippen molar-refractivity contribution in [2.75, 3.05) is 13.6 Å². The molecule has 1 aliphatic rings. The molecule has 1 atom stereocenters. The van der Waals surface area contributed by atoms with Crippen molar-refractivity contribution in [2.24, 2.45) is 0 Å². The minimum Gasteiger partial charge on any atom is -0.477 e. The van der Waals surface area contributed by atoms with Crippen molar-refractivity contribution in [2.45, 2.75) is 50.0 Å². The summed E-state index contributed by atoms with van der Waals surface area (Å²) in [4.78, 5) is 15.4. The molecular weight excluding hydrogens is 492 g/mol. The second-order valence-corrected chi connectivity index (χ2v) is 11.1. The minimum atomic E-state index is -3.96. The molecule has 188 valence electrons. The summed E-state index contributed by atoms with van der Waals surface area (Å²) in [5.74, 6) is -0.191. The summed E-state index contributed by atoms with van der Waals surface area (Å²) in [6.45, 7) is 3.67. The number of quaternary nitrogens is 1. The Bertz CT molecular complexity index is 1230. The summed E-state index contributed by atoms with van der Waals surface area (Å²) in [6.07, 6.45) is 4.24. The number of pyridine rings is 1. The normalized spacial score (nSPS) is 16.6. The number of likely N-dealkylation sites (N-methyl/N-ethyl adjacent to an activating group) is 1. The molecule has 4 N–H and O–H groups in total. The molecule has 0 saturated carbocycles. The van der Waals surface area contributed by atoms with Crippen LogP contribution in [-0.2, 0) is 14.8 Å². The van der Waals surface area contributed by atoms with Crippen LogP contribution in [-0.4, -0.2) is 54.6 Å². The first-order valence-corrected chi connectivity index (χ1v) is 13.1. The Balaban J connectivity index is 1.93. The van der Waals surface area contributed by atoms with E-state index in [-0.39, 0.29) is 17.4 Å². The zero-order valence-electron chi connectivity index (χ0n) is 19.9. The number of hydrogen-bond donors (Lipinski definition) is 3. The van der Waals surface area contributed by atoms with Gasteiger partial charge in [0.2, 0.25) is 15.9 Å². The summed E-state index contributed by atoms with van der Waals surface area (Å²) in [7, 11) is -2.47. The van der Waals surface area contributed by atoms with E-state index in [1.165, 1.54) is 17.5 Å². The van der Waals surface area contributed by atoms with E-state index in [0.717, 1.165) is 6.21 Å². The molecule has 1 aliphatic carbocycles. The summed E-state index contributed by atoms with van der Waals surface area (Å²) >= 11 is 5.93. The SMILES string of the molecule is CC(C)c1cc(S(=O)(=O)N(C)C2CCCC([NH2+]CC(=O)O)=C2C=N)cnc1Oc1ccc(Cl)cc1. The van der Waals surface area contributed by atoms with E-state index < -0.39 is 22.0 Å². The van der Waals surface area contributed by atoms with Crippen LogP contribution in [0.25, 0.3) is 0 Å². The number of aromatic nitrogens is 1. The fraction of sp³-hybridized carbons (Fsp3) is 0.375. The van der Waals surface area contributed by atoms with Gasteiger partial charge in [0.1, 0.15) is 16.3 Å². The van der Waals surface area contributed by atoms with E-state index >= 15 is 0 Å². The first-order chi connectivity index (χ1) is 16.5. The van der Waals surface area contributed by atoms with E-state index in [2.05, 4.69) is 4.98 Å². The lowest BCUT2D eigenvalue weighted by Crippen LogP contribution is -2.84. The number of halogens is 1. The molecule has 0 amide bonds. The van der Waals surface area contributed by atoms with Crippen molar-refractivity contribution in [1.29, 1.82) is 5.41 Å². The molecule has 0 fully saturated rings. The molecule has 0 radical (unpaired) electrons. The average Bonchev–Trinajstić information content (AvgIpc) is 2.83. The molecule has 0 spiro atoms. The number of allylic oxidation sites excluding steroid dienone is 1. The van der Waals surface area contributed by atoms with E-state index in [4.69, 9.17) is 26.9 Å². The van der Waals surface area contributed by atoms with Gasteiger partial charge in [0.25, 0.3) is 0 Å². The quantitative estimate of drug-likeness (QED) is 0.410. The lowest BCUT2D eigenvalue weighted by molar-refractivity contribution is -0.599. The van der Waals surface area contributed by atoms with Gasteiger partial charge in [0.05, 0.1) is 12.2 Å². The zero-order chi connectivity index (χ0) is 25.8. The molecule has 9 nitrogen and oxygen atoms in total. The van der Waals surface area contributed by atoms with Crippen LogP contribution >= 0.6 is 11.6 Å². The number of carboxylic acids is 1. The van der Waals surface area contributed by atoms with Crippen molar-refractivity contribution in [3.63, 3.8) is 0 Å². The Morgan fingerprint density at radius 3 is 2.66 bits per heavy atom. The predicted octanol–water partition coefficient (Wildman–Crippen LogP) is 3.38. The third-order valence-electron chi connectivity index (χ3n) is 5.95. The van der Waals surface area contributed by atoms with Crippen LogP contribution in [0.3, 0.4) is 0 Å². The lowest BCUT2D eigenvalue weighted by Gasteiger charge is -2.31. The molecule has 3 rings (SSSR count). The number of benzene rings is 1. The molecule has 1 heterocycles. The first kappa shape index (κ1) is 26.8. The summed E-state index contributed by atoms with van der Waals surface area (Å²) in [5.41, 5.74) is 1.85. The Kier molecular flexibility index (Phi) is 8.65. The van der Waals surface area contributed by atoms with Crippen LogP contribution in [0.1, 0.15) is 44.6 Å². The molecular formula is C24H30ClN4O5S+. The topological polar surface area (TPSA) is 137 Å². The number of hydrogen-bond acceptors (Lipinski definition) is 6. The third-order valence-corrected chi connectivity index (χ3v) is 8.04. The van der Waals surface area contributed by atoms with Crippen LogP contribution in [0.15, 0.2) is 52.7 Å². The van der Waals surface area contributed by atoms with Gasteiger partial charge in [-0.05, 0) is 49.1 Å². The molecule has 1 aromatic carbocycles. The summed E-state index contributed by atoms with van der Waals surface area (Å²) in [5, 5.41) is 19.0. The van der Waals surface area contributed by atoms with Gasteiger partial charge in [-0.2, -0.15) is 4.31 Å². The molecule has 1 unspecified atom stereocenters. The molecule has 0 aliphatic heterocycles. The van der Waals surface area contributed by atoms with Gasteiger partial charge in [-0.1, -0.05) is 25.4 Å². The number of rotatable bonds is 10. The third kappa shape index (κ3) is 6.26. The zero-order valence-corrected chi connectivity index (χ0v) is 21.4. The highest BCUT2D eigenvalue weighted by Gasteiger charge is 2.35. The molecule has 1 aromatic heterocycles. The molecule has 35 heavy (non-hydrogen) atoms. The number of ether oxygens (including phenoxy) is 1. The van der Waals surface area contributed by atoms with Crippen molar-refractivity contribution in [3.05, 3.63) is 58.4 Å². The number of aliphatic carboxylic acids is 1. The highest BCUT2D eigenvalue weighted by atomic mass is 35.5. The summed E-state index contributed by atoms with van der Waals surface area (Å²) < 4.78 is 34.3. The van der Waals surface area contributed by atoms with Gasteiger partial charge in [-0.15, -0.1) is 0 Å². The standard InChI is InChI=1S/C24H29ClN4O5S/c1-15(2)19-11-18(13-28-24(19)34-17-9-7-16(25)8-10-17)35(32,33)29(3)22-6-4-5-21(20(22)12-26)27-14-23(30)31/h7-13,15,22,26-27H,4-6,14H2,1-3H3,(H,30,31)/p+1. The lowest BCUT2D eigenvalue weighted by atomic mass is 9.92. The Morgan fingerprint density at radius 1 is 1.37 bits per heavy atom. The second-order valence-electron chi connectivity index (χ2n) is 8.63. The first-order valence-electron chi connectivity index (χ1n) is 11.2. The highest BCUT2D eigenvalue weighted by molar-refractivity contribution is 7.89. The number of carbonyl (C=O) groups is 1. The van der Waals surface area contributed by atoms with Crippen LogP contribution in [0.5, 0.6) is 11.6 Å².